The van der Waals surface area contributed by atoms with Gasteiger partial charge in [0.1, 0.15) is 13.2 Å². The Bertz CT molecular complexity index is 1690. The van der Waals surface area contributed by atoms with Crippen LogP contribution in [0.1, 0.15) is 323 Å². The molecule has 0 N–H and O–H groups in total. The van der Waals surface area contributed by atoms with Crippen LogP contribution in [0.5, 0.6) is 0 Å². The minimum atomic E-state index is -0.817. The Kier molecular flexibility index (Phi) is 65.8. The summed E-state index contributed by atoms with van der Waals surface area (Å²) in [6.45, 7) is 6.38. The number of esters is 3. The van der Waals surface area contributed by atoms with Crippen molar-refractivity contribution in [3.63, 3.8) is 0 Å². The number of allylic oxidation sites excluding steroid dienone is 20. The van der Waals surface area contributed by atoms with Gasteiger partial charge in [0.15, 0.2) is 6.10 Å². The second kappa shape index (κ2) is 69.3. The van der Waals surface area contributed by atoms with Crippen molar-refractivity contribution in [2.24, 2.45) is 0 Å². The Morgan fingerprint density at radius 1 is 0.256 bits per heavy atom. The first-order chi connectivity index (χ1) is 40.5. The molecule has 1 atom stereocenters. The molecule has 468 valence electrons. The predicted molar refractivity (Wildman–Crippen MR) is 357 cm³/mol. The van der Waals surface area contributed by atoms with Gasteiger partial charge in [-0.2, -0.15) is 0 Å². The van der Waals surface area contributed by atoms with Crippen LogP contribution in [0.3, 0.4) is 0 Å². The zero-order chi connectivity index (χ0) is 59.2. The van der Waals surface area contributed by atoms with E-state index in [2.05, 4.69) is 136 Å². The zero-order valence-corrected chi connectivity index (χ0v) is 53.7. The molecule has 6 nitrogen and oxygen atoms in total. The molecular formula is C76H128O6. The zero-order valence-electron chi connectivity index (χ0n) is 53.7. The summed E-state index contributed by atoms with van der Waals surface area (Å²) in [4.78, 5) is 38.4. The third kappa shape index (κ3) is 66.6. The lowest BCUT2D eigenvalue weighted by Gasteiger charge is -2.18. The summed E-state index contributed by atoms with van der Waals surface area (Å²) in [6, 6.07) is 0. The molecule has 0 aliphatic carbocycles. The molecule has 82 heavy (non-hydrogen) atoms. The van der Waals surface area contributed by atoms with E-state index in [1.165, 1.54) is 167 Å². The molecule has 0 aliphatic rings. The molecule has 0 radical (unpaired) electrons. The Labute approximate surface area is 507 Å². The van der Waals surface area contributed by atoms with Crippen molar-refractivity contribution in [2.45, 2.75) is 329 Å². The van der Waals surface area contributed by atoms with Gasteiger partial charge in [-0.3, -0.25) is 14.4 Å². The maximum absolute atomic E-state index is 13.0. The van der Waals surface area contributed by atoms with E-state index in [9.17, 15) is 14.4 Å². The molecule has 0 saturated carbocycles. The number of hydrogen-bond donors (Lipinski definition) is 0. The van der Waals surface area contributed by atoms with Crippen molar-refractivity contribution in [2.75, 3.05) is 13.2 Å². The van der Waals surface area contributed by atoms with E-state index >= 15 is 0 Å². The fraction of sp³-hybridized carbons (Fsp3) is 0.697. The molecule has 0 saturated heterocycles. The van der Waals surface area contributed by atoms with E-state index in [1.807, 2.05) is 6.08 Å². The smallest absolute Gasteiger partial charge is 0.306 e. The van der Waals surface area contributed by atoms with Crippen LogP contribution in [0.4, 0.5) is 0 Å². The van der Waals surface area contributed by atoms with Gasteiger partial charge in [0.2, 0.25) is 0 Å². The van der Waals surface area contributed by atoms with Gasteiger partial charge in [-0.05, 0) is 96.3 Å². The van der Waals surface area contributed by atoms with Gasteiger partial charge in [-0.1, -0.05) is 328 Å². The topological polar surface area (TPSA) is 78.9 Å². The van der Waals surface area contributed by atoms with Gasteiger partial charge < -0.3 is 14.2 Å². The Morgan fingerprint density at radius 2 is 0.500 bits per heavy atom. The SMILES string of the molecule is CC/C=C\C/C=C\C/C=C\C/C=C\C/C=C\C/C=C\CCC(=O)OCC(COC(=O)CCCCCCCCCCCCCCCCCCCCCCCCCC)OC(=O)CCCCCCCCCC/C=C\C/C=C\C/C=C\C/C=C\CC. The number of unbranched alkanes of at least 4 members (excludes halogenated alkanes) is 31. The number of rotatable bonds is 62. The van der Waals surface area contributed by atoms with Crippen LogP contribution in [-0.2, 0) is 28.6 Å². The highest BCUT2D eigenvalue weighted by Crippen LogP contribution is 2.17. The lowest BCUT2D eigenvalue weighted by atomic mass is 10.0. The molecule has 0 aliphatic heterocycles. The largest absolute Gasteiger partial charge is 0.462 e. The average molecular weight is 1140 g/mol. The summed E-state index contributed by atoms with van der Waals surface area (Å²) in [5.74, 6) is -0.989. The molecule has 0 aromatic heterocycles. The molecule has 0 heterocycles. The minimum absolute atomic E-state index is 0.104. The van der Waals surface area contributed by atoms with Gasteiger partial charge in [0.25, 0.3) is 0 Å². The summed E-state index contributed by atoms with van der Waals surface area (Å²) in [7, 11) is 0. The molecule has 0 bridgehead atoms. The van der Waals surface area contributed by atoms with Gasteiger partial charge in [-0.15, -0.1) is 0 Å². The standard InChI is InChI=1S/C76H128O6/c1-4-7-10-13-16-19-22-25-28-31-34-36-37-38-40-42-45-48-51-54-57-60-63-66-69-75(78)81-72-73(71-80-74(77)68-65-62-59-56-53-50-47-44-41-33-30-27-24-21-18-15-12-9-6-3)82-76(79)70-67-64-61-58-55-52-49-46-43-39-35-32-29-26-23-20-17-14-11-8-5-2/h8-9,11-12,17-18,20-21,26-27,29-30,35,39,41,44,50,53,59,62,73H,4-7,10,13-16,19,22-25,28,31-34,36-38,40,42-43,45-49,51-52,54-58,60-61,63-72H2,1-3H3/b11-8-,12-9-,20-17-,21-18-,29-26-,30-27-,39-35-,44-41-,53-50-,62-59-. The summed E-state index contributed by atoms with van der Waals surface area (Å²) >= 11 is 0. The van der Waals surface area contributed by atoms with Crippen molar-refractivity contribution in [1.82, 2.24) is 0 Å². The van der Waals surface area contributed by atoms with E-state index in [0.29, 0.717) is 19.3 Å². The van der Waals surface area contributed by atoms with Crippen LogP contribution >= 0.6 is 0 Å². The molecule has 6 heteroatoms. The molecule has 0 rings (SSSR count). The van der Waals surface area contributed by atoms with Gasteiger partial charge in [-0.25, -0.2) is 0 Å². The highest BCUT2D eigenvalue weighted by molar-refractivity contribution is 5.71. The summed E-state index contributed by atoms with van der Waals surface area (Å²) in [5, 5.41) is 0. The monoisotopic (exact) mass is 1140 g/mol. The van der Waals surface area contributed by atoms with Gasteiger partial charge in [0.05, 0.1) is 0 Å². The number of carbonyl (C=O) groups excluding carboxylic acids is 3. The highest BCUT2D eigenvalue weighted by atomic mass is 16.6. The third-order valence-corrected chi connectivity index (χ3v) is 14.7. The van der Waals surface area contributed by atoms with Crippen LogP contribution in [-0.4, -0.2) is 37.2 Å². The Morgan fingerprint density at radius 3 is 0.817 bits per heavy atom. The maximum Gasteiger partial charge on any atom is 0.306 e. The number of carbonyl (C=O) groups is 3. The normalized spacial score (nSPS) is 12.9. The van der Waals surface area contributed by atoms with Crippen LogP contribution < -0.4 is 0 Å². The summed E-state index contributed by atoms with van der Waals surface area (Å²) in [6.07, 6.45) is 96.6. The summed E-state index contributed by atoms with van der Waals surface area (Å²) < 4.78 is 16.9. The predicted octanol–water partition coefficient (Wildman–Crippen LogP) is 23.9. The molecule has 0 amide bonds. The van der Waals surface area contributed by atoms with E-state index in [-0.39, 0.29) is 37.5 Å². The van der Waals surface area contributed by atoms with Gasteiger partial charge >= 0.3 is 17.9 Å². The van der Waals surface area contributed by atoms with E-state index < -0.39 is 6.10 Å². The van der Waals surface area contributed by atoms with E-state index in [0.717, 1.165) is 109 Å². The van der Waals surface area contributed by atoms with Crippen LogP contribution in [0.25, 0.3) is 0 Å². The van der Waals surface area contributed by atoms with Crippen molar-refractivity contribution in [3.05, 3.63) is 122 Å². The molecule has 0 aromatic carbocycles. The first-order valence-electron chi connectivity index (χ1n) is 34.5. The second-order valence-corrected chi connectivity index (χ2v) is 22.7. The Hall–Kier alpha value is -4.19. The maximum atomic E-state index is 13.0. The first kappa shape index (κ1) is 77.8. The van der Waals surface area contributed by atoms with Crippen molar-refractivity contribution in [1.29, 1.82) is 0 Å². The van der Waals surface area contributed by atoms with E-state index in [4.69, 9.17) is 14.2 Å². The van der Waals surface area contributed by atoms with Crippen molar-refractivity contribution < 1.29 is 28.6 Å². The number of hydrogen-bond acceptors (Lipinski definition) is 6. The summed E-state index contributed by atoms with van der Waals surface area (Å²) in [5.41, 5.74) is 0. The Balaban J connectivity index is 4.45. The van der Waals surface area contributed by atoms with Crippen molar-refractivity contribution in [3.8, 4) is 0 Å². The van der Waals surface area contributed by atoms with Gasteiger partial charge in [0, 0.05) is 19.3 Å². The highest BCUT2D eigenvalue weighted by Gasteiger charge is 2.19. The van der Waals surface area contributed by atoms with Crippen molar-refractivity contribution >= 4 is 17.9 Å². The molecular weight excluding hydrogens is 1010 g/mol. The quantitative estimate of drug-likeness (QED) is 0.0261. The lowest BCUT2D eigenvalue weighted by Crippen LogP contribution is -2.30. The van der Waals surface area contributed by atoms with Crippen LogP contribution in [0.15, 0.2) is 122 Å². The number of ether oxygens (including phenoxy) is 3. The minimum Gasteiger partial charge on any atom is -0.462 e. The lowest BCUT2D eigenvalue weighted by molar-refractivity contribution is -0.166. The fourth-order valence-electron chi connectivity index (χ4n) is 9.64. The second-order valence-electron chi connectivity index (χ2n) is 22.7. The average Bonchev–Trinajstić information content (AvgIpc) is 3.47. The van der Waals surface area contributed by atoms with Crippen LogP contribution in [0.2, 0.25) is 0 Å². The first-order valence-corrected chi connectivity index (χ1v) is 34.5. The molecule has 0 fully saturated rings. The molecule has 1 unspecified atom stereocenters. The van der Waals surface area contributed by atoms with E-state index in [1.54, 1.807) is 0 Å². The molecule has 0 aromatic rings. The molecule has 0 spiro atoms. The van der Waals surface area contributed by atoms with Crippen LogP contribution in [0, 0.1) is 0 Å². The fourth-order valence-corrected chi connectivity index (χ4v) is 9.64. The third-order valence-electron chi connectivity index (χ3n) is 14.7.